The molecule has 0 amide bonds. The summed E-state index contributed by atoms with van der Waals surface area (Å²) in [5.74, 6) is -0.935. The molecule has 0 aromatic carbocycles. The number of rotatable bonds is 3. The second-order valence-electron chi connectivity index (χ2n) is 2.46. The summed E-state index contributed by atoms with van der Waals surface area (Å²) >= 11 is 0. The van der Waals surface area contributed by atoms with Crippen molar-refractivity contribution in [3.63, 3.8) is 0 Å². The standard InChI is InChI=1S/C4H6O2.C3H8O4S.Na.H/c1-3(2)4(5)6;1-2-3(4)8(5,6)7;;/h1H2,2H3,(H,5,6);3-4H,2H2,1H3,(H,5,6,7);;/q;;+1;-1. The fourth-order valence-corrected chi connectivity index (χ4v) is 0.632. The first-order chi connectivity index (χ1) is 6.12. The van der Waals surface area contributed by atoms with Crippen molar-refractivity contribution in [3.05, 3.63) is 12.2 Å². The zero-order valence-electron chi connectivity index (χ0n) is 9.97. The summed E-state index contributed by atoms with van der Waals surface area (Å²) in [7, 11) is -4.20. The molecule has 86 valence electrons. The van der Waals surface area contributed by atoms with E-state index >= 15 is 0 Å². The molecule has 0 aromatic heterocycles. The number of carboxylic acids is 1. The maximum atomic E-state index is 9.87. The smallest absolute Gasteiger partial charge is 1.00 e. The van der Waals surface area contributed by atoms with Crippen LogP contribution < -0.4 is 29.6 Å². The molecule has 0 aliphatic rings. The molecule has 0 aliphatic carbocycles. The van der Waals surface area contributed by atoms with Crippen molar-refractivity contribution in [1.82, 2.24) is 0 Å². The number of hydrogen-bond donors (Lipinski definition) is 3. The Bertz CT molecular complexity index is 290. The van der Waals surface area contributed by atoms with Gasteiger partial charge in [0.15, 0.2) is 5.44 Å². The fourth-order valence-electron chi connectivity index (χ4n) is 0.211. The molecular formula is C7H15NaO6S. The number of carboxylic acid groups (broad SMARTS) is 1. The Hall–Kier alpha value is 0.0800. The molecule has 0 aliphatic heterocycles. The minimum Gasteiger partial charge on any atom is -1.00 e. The molecule has 0 heterocycles. The van der Waals surface area contributed by atoms with Gasteiger partial charge in [-0.3, -0.25) is 4.55 Å². The molecular weight excluding hydrogens is 235 g/mol. The van der Waals surface area contributed by atoms with Gasteiger partial charge in [0.1, 0.15) is 0 Å². The van der Waals surface area contributed by atoms with Gasteiger partial charge in [-0.05, 0) is 13.3 Å². The molecule has 6 nitrogen and oxygen atoms in total. The van der Waals surface area contributed by atoms with Crippen molar-refractivity contribution in [2.75, 3.05) is 0 Å². The third kappa shape index (κ3) is 14.1. The van der Waals surface area contributed by atoms with Crippen LogP contribution in [0.2, 0.25) is 0 Å². The van der Waals surface area contributed by atoms with Crippen LogP contribution in [0.1, 0.15) is 21.7 Å². The van der Waals surface area contributed by atoms with Crippen molar-refractivity contribution < 1.29 is 59.0 Å². The molecule has 0 saturated carbocycles. The van der Waals surface area contributed by atoms with Gasteiger partial charge in [-0.2, -0.15) is 8.42 Å². The monoisotopic (exact) mass is 250 g/mol. The average molecular weight is 250 g/mol. The summed E-state index contributed by atoms with van der Waals surface area (Å²) in [5.41, 5.74) is -1.45. The maximum absolute atomic E-state index is 9.87. The first-order valence-corrected chi connectivity index (χ1v) is 5.16. The average Bonchev–Trinajstić information content (AvgIpc) is 2.02. The first-order valence-electron chi connectivity index (χ1n) is 3.66. The number of hydrogen-bond acceptors (Lipinski definition) is 4. The van der Waals surface area contributed by atoms with Crippen LogP contribution in [0, 0.1) is 0 Å². The summed E-state index contributed by atoms with van der Waals surface area (Å²) in [6.45, 7) is 6.06. The summed E-state index contributed by atoms with van der Waals surface area (Å²) in [5, 5.41) is 16.2. The quantitative estimate of drug-likeness (QED) is 0.287. The Morgan fingerprint density at radius 2 is 1.80 bits per heavy atom. The molecule has 0 rings (SSSR count). The predicted molar refractivity (Wildman–Crippen MR) is 51.4 cm³/mol. The molecule has 0 radical (unpaired) electrons. The predicted octanol–water partition coefficient (Wildman–Crippen LogP) is -2.63. The van der Waals surface area contributed by atoms with Crippen molar-refractivity contribution in [2.45, 2.75) is 25.7 Å². The van der Waals surface area contributed by atoms with E-state index in [0.717, 1.165) is 0 Å². The van der Waals surface area contributed by atoms with Crippen molar-refractivity contribution >= 4 is 16.1 Å². The van der Waals surface area contributed by atoms with Gasteiger partial charge < -0.3 is 11.6 Å². The van der Waals surface area contributed by atoms with Gasteiger partial charge in [-0.25, -0.2) is 4.79 Å². The Morgan fingerprint density at radius 1 is 1.53 bits per heavy atom. The summed E-state index contributed by atoms with van der Waals surface area (Å²) in [6.07, 6.45) is 0.0127. The molecule has 0 bridgehead atoms. The van der Waals surface area contributed by atoms with Gasteiger partial charge in [0.25, 0.3) is 10.1 Å². The summed E-state index contributed by atoms with van der Waals surface area (Å²) < 4.78 is 27.7. The third-order valence-corrected chi connectivity index (χ3v) is 2.08. The van der Waals surface area contributed by atoms with Crippen LogP contribution in [0.15, 0.2) is 12.2 Å². The van der Waals surface area contributed by atoms with Crippen LogP contribution >= 0.6 is 0 Å². The van der Waals surface area contributed by atoms with Gasteiger partial charge in [0, 0.05) is 5.57 Å². The van der Waals surface area contributed by atoms with E-state index in [0.29, 0.717) is 0 Å². The van der Waals surface area contributed by atoms with Gasteiger partial charge in [-0.1, -0.05) is 13.5 Å². The molecule has 3 N–H and O–H groups in total. The molecule has 15 heavy (non-hydrogen) atoms. The zero-order chi connectivity index (χ0) is 11.9. The van der Waals surface area contributed by atoms with E-state index < -0.39 is 21.5 Å². The van der Waals surface area contributed by atoms with Gasteiger partial charge in [0.2, 0.25) is 0 Å². The van der Waals surface area contributed by atoms with Crippen LogP contribution in [-0.2, 0) is 14.9 Å². The normalized spacial score (nSPS) is 11.5. The van der Waals surface area contributed by atoms with Crippen LogP contribution in [0.25, 0.3) is 0 Å². The van der Waals surface area contributed by atoms with Crippen molar-refractivity contribution in [2.24, 2.45) is 0 Å². The van der Waals surface area contributed by atoms with E-state index in [-0.39, 0.29) is 43.0 Å². The van der Waals surface area contributed by atoms with Crippen LogP contribution in [0.4, 0.5) is 0 Å². The topological polar surface area (TPSA) is 112 Å². The molecule has 1 unspecified atom stereocenters. The minimum atomic E-state index is -4.20. The Labute approximate surface area is 113 Å². The van der Waals surface area contributed by atoms with E-state index in [1.54, 1.807) is 0 Å². The molecule has 8 heteroatoms. The molecule has 1 atom stereocenters. The van der Waals surface area contributed by atoms with Gasteiger partial charge >= 0.3 is 35.5 Å². The number of carbonyl (C=O) groups is 1. The Morgan fingerprint density at radius 3 is 1.80 bits per heavy atom. The second kappa shape index (κ2) is 9.32. The summed E-state index contributed by atoms with van der Waals surface area (Å²) in [4.78, 5) is 9.60. The number of aliphatic carboxylic acids is 1. The largest absolute Gasteiger partial charge is 1.00 e. The molecule has 0 fully saturated rings. The van der Waals surface area contributed by atoms with Crippen molar-refractivity contribution in [1.29, 1.82) is 0 Å². The Kier molecular flexibility index (Phi) is 12.7. The molecule has 0 saturated heterocycles. The van der Waals surface area contributed by atoms with Gasteiger partial charge in [0.05, 0.1) is 0 Å². The molecule has 0 spiro atoms. The van der Waals surface area contributed by atoms with Crippen LogP contribution in [0.3, 0.4) is 0 Å². The maximum Gasteiger partial charge on any atom is 1.00 e. The van der Waals surface area contributed by atoms with Crippen molar-refractivity contribution in [3.8, 4) is 0 Å². The van der Waals surface area contributed by atoms with Gasteiger partial charge in [-0.15, -0.1) is 0 Å². The number of aliphatic hydroxyl groups is 1. The van der Waals surface area contributed by atoms with E-state index in [1.807, 2.05) is 0 Å². The van der Waals surface area contributed by atoms with Crippen LogP contribution in [-0.4, -0.2) is 34.6 Å². The number of aliphatic hydroxyl groups excluding tert-OH is 1. The fraction of sp³-hybridized carbons (Fsp3) is 0.571. The Balaban J connectivity index is -0.0000000825. The molecule has 0 aromatic rings. The minimum absolute atomic E-state index is 0. The first kappa shape index (κ1) is 20.5. The summed E-state index contributed by atoms with van der Waals surface area (Å²) in [6, 6.07) is 0. The second-order valence-corrected chi connectivity index (χ2v) is 4.04. The SMILES string of the molecule is C=C(C)C(=O)O.CCC(O)S(=O)(=O)O.[H-].[Na+]. The van der Waals surface area contributed by atoms with E-state index in [1.165, 1.54) is 13.8 Å². The third-order valence-electron chi connectivity index (χ3n) is 1.06. The van der Waals surface area contributed by atoms with E-state index in [2.05, 4.69) is 6.58 Å². The van der Waals surface area contributed by atoms with E-state index in [4.69, 9.17) is 14.8 Å². The van der Waals surface area contributed by atoms with Crippen LogP contribution in [0.5, 0.6) is 0 Å². The van der Waals surface area contributed by atoms with E-state index in [9.17, 15) is 13.2 Å². The zero-order valence-corrected chi connectivity index (χ0v) is 11.8.